The Labute approximate surface area is 226 Å². The largest absolute Gasteiger partial charge is 0.365 e. The van der Waals surface area contributed by atoms with Crippen LogP contribution in [-0.4, -0.2) is 30.0 Å². The molecule has 0 atom stereocenters. The minimum absolute atomic E-state index is 0.290. The predicted octanol–water partition coefficient (Wildman–Crippen LogP) is 6.87. The van der Waals surface area contributed by atoms with Crippen LogP contribution in [0.25, 0.3) is 23.1 Å². The van der Waals surface area contributed by atoms with Gasteiger partial charge < -0.3 is 15.5 Å². The van der Waals surface area contributed by atoms with Crippen LogP contribution in [-0.2, 0) is 6.54 Å². The summed E-state index contributed by atoms with van der Waals surface area (Å²) in [6.45, 7) is 0.537. The molecule has 0 aliphatic carbocycles. The third-order valence-electron chi connectivity index (χ3n) is 6.15. The van der Waals surface area contributed by atoms with E-state index in [1.807, 2.05) is 67.5 Å². The molecule has 194 valence electrons. The molecule has 39 heavy (non-hydrogen) atoms. The highest BCUT2D eigenvalue weighted by Gasteiger charge is 2.11. The molecule has 0 unspecified atom stereocenters. The Bertz CT molecular complexity index is 1620. The molecule has 5 rings (SSSR count). The maximum Gasteiger partial charge on any atom is 0.255 e. The molecule has 5 aromatic rings. The van der Waals surface area contributed by atoms with Crippen molar-refractivity contribution in [1.82, 2.24) is 9.97 Å². The van der Waals surface area contributed by atoms with Gasteiger partial charge in [0.15, 0.2) is 0 Å². The van der Waals surface area contributed by atoms with Crippen molar-refractivity contribution in [3.05, 3.63) is 125 Å². The van der Waals surface area contributed by atoms with Gasteiger partial charge in [-0.1, -0.05) is 60.7 Å². The van der Waals surface area contributed by atoms with Crippen molar-refractivity contribution >= 4 is 46.4 Å². The van der Waals surface area contributed by atoms with E-state index in [2.05, 4.69) is 47.1 Å². The molecular formula is C32H28FN5O. The Morgan fingerprint density at radius 1 is 0.846 bits per heavy atom. The zero-order valence-electron chi connectivity index (χ0n) is 21.7. The van der Waals surface area contributed by atoms with Crippen molar-refractivity contribution in [2.24, 2.45) is 0 Å². The van der Waals surface area contributed by atoms with E-state index in [0.717, 1.165) is 33.4 Å². The number of rotatable bonds is 8. The number of nitrogens with zero attached hydrogens (tertiary/aromatic N) is 3. The Morgan fingerprint density at radius 3 is 2.28 bits per heavy atom. The maximum absolute atomic E-state index is 13.1. The van der Waals surface area contributed by atoms with E-state index in [-0.39, 0.29) is 11.7 Å². The number of carbonyl (C=O) groups is 1. The lowest BCUT2D eigenvalue weighted by Crippen LogP contribution is -2.14. The Kier molecular flexibility index (Phi) is 7.59. The Balaban J connectivity index is 1.33. The topological polar surface area (TPSA) is 70.2 Å². The fourth-order valence-corrected chi connectivity index (χ4v) is 4.03. The van der Waals surface area contributed by atoms with Gasteiger partial charge in [0.05, 0.1) is 5.52 Å². The lowest BCUT2D eigenvalue weighted by molar-refractivity contribution is 0.102. The van der Waals surface area contributed by atoms with Gasteiger partial charge in [-0.3, -0.25) is 4.79 Å². The van der Waals surface area contributed by atoms with Gasteiger partial charge >= 0.3 is 0 Å². The molecule has 6 nitrogen and oxygen atoms in total. The van der Waals surface area contributed by atoms with Crippen molar-refractivity contribution in [2.75, 3.05) is 29.6 Å². The first-order valence-corrected chi connectivity index (χ1v) is 12.6. The molecule has 1 heterocycles. The molecule has 1 amide bonds. The summed E-state index contributed by atoms with van der Waals surface area (Å²) in [7, 11) is 3.84. The summed E-state index contributed by atoms with van der Waals surface area (Å²) in [6.07, 6.45) is 4.16. The molecule has 0 aliphatic heterocycles. The van der Waals surface area contributed by atoms with E-state index in [1.54, 1.807) is 0 Å². The SMILES string of the molecule is CN(C)c1nc(NCc2ccc(NC(=O)c3ccc(F)cc3)cc2)c2cc(/C=C\c3ccccc3)ccc2n1. The quantitative estimate of drug-likeness (QED) is 0.220. The van der Waals surface area contributed by atoms with E-state index >= 15 is 0 Å². The Hall–Kier alpha value is -5.04. The fourth-order valence-electron chi connectivity index (χ4n) is 4.03. The number of hydrogen-bond donors (Lipinski definition) is 2. The van der Waals surface area contributed by atoms with E-state index in [4.69, 9.17) is 9.97 Å². The number of aromatic nitrogens is 2. The lowest BCUT2D eigenvalue weighted by Gasteiger charge is -2.15. The van der Waals surface area contributed by atoms with E-state index in [1.165, 1.54) is 24.3 Å². The van der Waals surface area contributed by atoms with Gasteiger partial charge in [0.2, 0.25) is 5.95 Å². The van der Waals surface area contributed by atoms with Gasteiger partial charge in [-0.15, -0.1) is 0 Å². The van der Waals surface area contributed by atoms with Crippen LogP contribution in [0.3, 0.4) is 0 Å². The molecule has 7 heteroatoms. The molecule has 0 radical (unpaired) electrons. The predicted molar refractivity (Wildman–Crippen MR) is 157 cm³/mol. The number of nitrogens with one attached hydrogen (secondary N) is 2. The highest BCUT2D eigenvalue weighted by molar-refractivity contribution is 6.04. The van der Waals surface area contributed by atoms with Crippen LogP contribution < -0.4 is 15.5 Å². The summed E-state index contributed by atoms with van der Waals surface area (Å²) in [4.78, 5) is 23.8. The minimum atomic E-state index is -0.377. The summed E-state index contributed by atoms with van der Waals surface area (Å²) in [5, 5.41) is 7.23. The fraction of sp³-hybridized carbons (Fsp3) is 0.0938. The van der Waals surface area contributed by atoms with Crippen molar-refractivity contribution in [3.8, 4) is 0 Å². The van der Waals surface area contributed by atoms with Gasteiger partial charge in [-0.2, -0.15) is 4.98 Å². The van der Waals surface area contributed by atoms with Gasteiger partial charge in [0, 0.05) is 37.3 Å². The molecule has 0 fully saturated rings. The van der Waals surface area contributed by atoms with E-state index in [0.29, 0.717) is 23.7 Å². The summed E-state index contributed by atoms with van der Waals surface area (Å²) >= 11 is 0. The first kappa shape index (κ1) is 25.6. The molecule has 2 N–H and O–H groups in total. The molecule has 0 saturated heterocycles. The summed E-state index contributed by atoms with van der Waals surface area (Å²) in [6, 6.07) is 29.3. The number of halogens is 1. The number of fused-ring (bicyclic) bond motifs is 1. The van der Waals surface area contributed by atoms with Crippen molar-refractivity contribution in [2.45, 2.75) is 6.54 Å². The molecule has 0 aliphatic rings. The minimum Gasteiger partial charge on any atom is -0.365 e. The summed E-state index contributed by atoms with van der Waals surface area (Å²) < 4.78 is 13.1. The van der Waals surface area contributed by atoms with Crippen LogP contribution in [0.4, 0.5) is 21.8 Å². The van der Waals surface area contributed by atoms with Gasteiger partial charge in [-0.25, -0.2) is 9.37 Å². The zero-order valence-corrected chi connectivity index (χ0v) is 21.7. The molecule has 4 aromatic carbocycles. The summed E-state index contributed by atoms with van der Waals surface area (Å²) in [5.41, 5.74) is 5.11. The number of carbonyl (C=O) groups excluding carboxylic acids is 1. The van der Waals surface area contributed by atoms with Crippen LogP contribution >= 0.6 is 0 Å². The monoisotopic (exact) mass is 517 g/mol. The van der Waals surface area contributed by atoms with Crippen molar-refractivity contribution < 1.29 is 9.18 Å². The lowest BCUT2D eigenvalue weighted by atomic mass is 10.1. The second-order valence-electron chi connectivity index (χ2n) is 9.30. The molecule has 0 bridgehead atoms. The van der Waals surface area contributed by atoms with Gasteiger partial charge in [0.25, 0.3) is 5.91 Å². The molecular weight excluding hydrogens is 489 g/mol. The van der Waals surface area contributed by atoms with Crippen LogP contribution in [0.1, 0.15) is 27.0 Å². The normalized spacial score (nSPS) is 11.1. The average molecular weight is 518 g/mol. The number of anilines is 3. The molecule has 1 aromatic heterocycles. The van der Waals surface area contributed by atoms with Gasteiger partial charge in [-0.05, 0) is 65.2 Å². The maximum atomic E-state index is 13.1. The van der Waals surface area contributed by atoms with Crippen molar-refractivity contribution in [3.63, 3.8) is 0 Å². The zero-order chi connectivity index (χ0) is 27.2. The average Bonchev–Trinajstić information content (AvgIpc) is 2.96. The third-order valence-corrected chi connectivity index (χ3v) is 6.15. The van der Waals surface area contributed by atoms with Crippen LogP contribution in [0.15, 0.2) is 97.1 Å². The standard InChI is InChI=1S/C32H28FN5O/c1-38(2)32-36-29-19-12-23(9-8-22-6-4-3-5-7-22)20-28(29)30(37-32)34-21-24-10-17-27(18-11-24)35-31(39)25-13-15-26(33)16-14-25/h3-20H,21H2,1-2H3,(H,35,39)(H,34,36,37)/b9-8-. The molecule has 0 saturated carbocycles. The number of amides is 1. The Morgan fingerprint density at radius 2 is 1.56 bits per heavy atom. The van der Waals surface area contributed by atoms with E-state index < -0.39 is 0 Å². The van der Waals surface area contributed by atoms with Crippen molar-refractivity contribution in [1.29, 1.82) is 0 Å². The second kappa shape index (κ2) is 11.6. The first-order valence-electron chi connectivity index (χ1n) is 12.6. The van der Waals surface area contributed by atoms with Crippen LogP contribution in [0, 0.1) is 5.82 Å². The highest BCUT2D eigenvalue weighted by Crippen LogP contribution is 2.26. The van der Waals surface area contributed by atoms with E-state index in [9.17, 15) is 9.18 Å². The smallest absolute Gasteiger partial charge is 0.255 e. The first-order chi connectivity index (χ1) is 18.9. The summed E-state index contributed by atoms with van der Waals surface area (Å²) in [5.74, 6) is 0.697. The third kappa shape index (κ3) is 6.45. The second-order valence-corrected chi connectivity index (χ2v) is 9.30. The van der Waals surface area contributed by atoms with Gasteiger partial charge in [0.1, 0.15) is 11.6 Å². The number of benzene rings is 4. The highest BCUT2D eigenvalue weighted by atomic mass is 19.1. The number of hydrogen-bond acceptors (Lipinski definition) is 5. The van der Waals surface area contributed by atoms with Crippen LogP contribution in [0.5, 0.6) is 0 Å². The van der Waals surface area contributed by atoms with Crippen LogP contribution in [0.2, 0.25) is 0 Å². The molecule has 0 spiro atoms.